The summed E-state index contributed by atoms with van der Waals surface area (Å²) >= 11 is 1.21. The van der Waals surface area contributed by atoms with Crippen LogP contribution < -0.4 is 0 Å². The fourth-order valence-corrected chi connectivity index (χ4v) is 4.24. The first-order valence-electron chi connectivity index (χ1n) is 11.9. The zero-order valence-electron chi connectivity index (χ0n) is 21.1. The van der Waals surface area contributed by atoms with Gasteiger partial charge < -0.3 is 19.3 Å². The van der Waals surface area contributed by atoms with Gasteiger partial charge in [-0.3, -0.25) is 19.3 Å². The molecule has 11 nitrogen and oxygen atoms in total. The molecule has 0 bridgehead atoms. The molecule has 0 saturated carbocycles. The Hall–Kier alpha value is -2.02. The van der Waals surface area contributed by atoms with Gasteiger partial charge in [0.05, 0.1) is 63.5 Å². The lowest BCUT2D eigenvalue weighted by Crippen LogP contribution is -2.31. The summed E-state index contributed by atoms with van der Waals surface area (Å²) in [4.78, 5) is 37.0. The minimum atomic E-state index is -0.920. The van der Waals surface area contributed by atoms with E-state index in [-0.39, 0.29) is 35.9 Å². The van der Waals surface area contributed by atoms with Gasteiger partial charge in [-0.25, -0.2) is 4.68 Å². The molecule has 1 N–H and O–H groups in total. The third kappa shape index (κ3) is 11.1. The van der Waals surface area contributed by atoms with Gasteiger partial charge >= 0.3 is 5.97 Å². The predicted molar refractivity (Wildman–Crippen MR) is 130 cm³/mol. The highest BCUT2D eigenvalue weighted by atomic mass is 32.2. The lowest BCUT2D eigenvalue weighted by atomic mass is 9.93. The van der Waals surface area contributed by atoms with Gasteiger partial charge in [0, 0.05) is 18.8 Å². The molecule has 2 heterocycles. The first kappa shape index (κ1) is 29.2. The molecule has 0 radical (unpaired) electrons. The van der Waals surface area contributed by atoms with Crippen LogP contribution in [0.3, 0.4) is 0 Å². The molecule has 0 aliphatic carbocycles. The van der Waals surface area contributed by atoms with E-state index in [1.165, 1.54) is 11.8 Å². The van der Waals surface area contributed by atoms with Crippen molar-refractivity contribution in [3.05, 3.63) is 11.9 Å². The Morgan fingerprint density at radius 3 is 2.40 bits per heavy atom. The highest BCUT2D eigenvalue weighted by Crippen LogP contribution is 2.27. The van der Waals surface area contributed by atoms with Crippen LogP contribution in [0.1, 0.15) is 46.2 Å². The predicted octanol–water partition coefficient (Wildman–Crippen LogP) is 1.85. The minimum absolute atomic E-state index is 0.0513. The van der Waals surface area contributed by atoms with Crippen molar-refractivity contribution in [3.63, 3.8) is 0 Å². The van der Waals surface area contributed by atoms with Crippen molar-refractivity contribution < 1.29 is 33.7 Å². The molecule has 2 rings (SSSR count). The summed E-state index contributed by atoms with van der Waals surface area (Å²) in [7, 11) is 0. The molecule has 1 saturated heterocycles. The fourth-order valence-electron chi connectivity index (χ4n) is 3.04. The second-order valence-electron chi connectivity index (χ2n) is 9.70. The zero-order valence-corrected chi connectivity index (χ0v) is 21.9. The van der Waals surface area contributed by atoms with Crippen molar-refractivity contribution in [1.82, 2.24) is 19.9 Å². The van der Waals surface area contributed by atoms with Crippen molar-refractivity contribution in [2.75, 3.05) is 45.4 Å². The molecule has 1 aliphatic rings. The number of rotatable bonds is 17. The van der Waals surface area contributed by atoms with E-state index < -0.39 is 17.1 Å². The highest BCUT2D eigenvalue weighted by molar-refractivity contribution is 8.00. The molecule has 0 aromatic carbocycles. The molecular formula is C23H38N4O7S. The maximum Gasteiger partial charge on any atom is 0.307 e. The first-order valence-corrected chi connectivity index (χ1v) is 12.9. The number of aromatic nitrogens is 3. The Morgan fingerprint density at radius 1 is 1.14 bits per heavy atom. The summed E-state index contributed by atoms with van der Waals surface area (Å²) < 4.78 is 18.2. The number of carbonyl (C=O) groups is 3. The van der Waals surface area contributed by atoms with Gasteiger partial charge in [-0.05, 0) is 11.8 Å². The van der Waals surface area contributed by atoms with Crippen LogP contribution in [-0.4, -0.2) is 93.4 Å². The van der Waals surface area contributed by atoms with E-state index in [0.29, 0.717) is 45.3 Å². The molecule has 1 aliphatic heterocycles. The van der Waals surface area contributed by atoms with Crippen LogP contribution in [0.25, 0.3) is 0 Å². The van der Waals surface area contributed by atoms with Crippen molar-refractivity contribution in [1.29, 1.82) is 0 Å². The van der Waals surface area contributed by atoms with Crippen molar-refractivity contribution in [3.8, 4) is 0 Å². The minimum Gasteiger partial charge on any atom is -0.481 e. The van der Waals surface area contributed by atoms with Crippen LogP contribution in [0.5, 0.6) is 0 Å². The number of carboxylic acids is 1. The maximum atomic E-state index is 12.6. The number of carbonyl (C=O) groups excluding carboxylic acids is 2. The zero-order chi connectivity index (χ0) is 25.8. The fraction of sp³-hybridized carbons (Fsp3) is 0.783. The average molecular weight is 515 g/mol. The van der Waals surface area contributed by atoms with Gasteiger partial charge in [0.1, 0.15) is 5.69 Å². The van der Waals surface area contributed by atoms with Gasteiger partial charge in [-0.1, -0.05) is 32.9 Å². The standard InChI is InChI=1S/C23H38N4O7S/c1-17(22(30)31)16-35-19-13-20(28)27(21(19)29)15-18-14-26(25-24-18)6-8-33-10-12-34-11-9-32-7-5-23(2,3)4/h14,17,19H,5-13,15-16H2,1-4H3,(H,30,31). The van der Waals surface area contributed by atoms with Gasteiger partial charge in [0.15, 0.2) is 0 Å². The number of carboxylic acid groups (broad SMARTS) is 1. The number of hydrogen-bond acceptors (Lipinski definition) is 9. The Bertz CT molecular complexity index is 827. The maximum absolute atomic E-state index is 12.6. The second kappa shape index (κ2) is 14.5. The van der Waals surface area contributed by atoms with E-state index >= 15 is 0 Å². The monoisotopic (exact) mass is 514 g/mol. The number of aliphatic carboxylic acids is 1. The van der Waals surface area contributed by atoms with Crippen LogP contribution in [0.15, 0.2) is 6.20 Å². The number of thioether (sulfide) groups is 1. The molecule has 2 amide bonds. The second-order valence-corrected chi connectivity index (χ2v) is 10.9. The lowest BCUT2D eigenvalue weighted by Gasteiger charge is -2.17. The number of hydrogen-bond donors (Lipinski definition) is 1. The molecule has 0 spiro atoms. The largest absolute Gasteiger partial charge is 0.481 e. The Balaban J connectivity index is 1.58. The molecule has 198 valence electrons. The first-order chi connectivity index (χ1) is 16.6. The van der Waals surface area contributed by atoms with Crippen LogP contribution >= 0.6 is 11.8 Å². The average Bonchev–Trinajstić information content (AvgIpc) is 3.34. The van der Waals surface area contributed by atoms with Crippen molar-refractivity contribution >= 4 is 29.5 Å². The number of imide groups is 1. The van der Waals surface area contributed by atoms with E-state index in [1.54, 1.807) is 17.8 Å². The van der Waals surface area contributed by atoms with Crippen molar-refractivity contribution in [2.45, 2.75) is 58.9 Å². The summed E-state index contributed by atoms with van der Waals surface area (Å²) in [6, 6.07) is 0. The molecule has 12 heteroatoms. The van der Waals surface area contributed by atoms with E-state index in [4.69, 9.17) is 19.3 Å². The van der Waals surface area contributed by atoms with Crippen LogP contribution in [0.4, 0.5) is 0 Å². The molecule has 1 aromatic heterocycles. The molecule has 1 aromatic rings. The molecule has 35 heavy (non-hydrogen) atoms. The van der Waals surface area contributed by atoms with Crippen LogP contribution in [0, 0.1) is 11.3 Å². The van der Waals surface area contributed by atoms with E-state index in [1.807, 2.05) is 0 Å². The number of ether oxygens (including phenoxy) is 3. The third-order valence-electron chi connectivity index (χ3n) is 5.28. The topological polar surface area (TPSA) is 133 Å². The summed E-state index contributed by atoms with van der Waals surface area (Å²) in [6.07, 6.45) is 2.77. The van der Waals surface area contributed by atoms with Crippen molar-refractivity contribution in [2.24, 2.45) is 11.3 Å². The quantitative estimate of drug-likeness (QED) is 0.242. The van der Waals surface area contributed by atoms with Crippen LogP contribution in [-0.2, 0) is 41.7 Å². The SMILES string of the molecule is CC(CSC1CC(=O)N(Cc2cn(CCOCCOCCOCCC(C)(C)C)nn2)C1=O)C(=O)O. The molecule has 1 fully saturated rings. The van der Waals surface area contributed by atoms with E-state index in [9.17, 15) is 14.4 Å². The van der Waals surface area contributed by atoms with Crippen LogP contribution in [0.2, 0.25) is 0 Å². The number of nitrogens with zero attached hydrogens (tertiary/aromatic N) is 4. The number of amides is 2. The Morgan fingerprint density at radius 2 is 1.77 bits per heavy atom. The van der Waals surface area contributed by atoms with E-state index in [2.05, 4.69) is 31.1 Å². The Kier molecular flexibility index (Phi) is 12.1. The Labute approximate surface area is 210 Å². The van der Waals surface area contributed by atoms with E-state index in [0.717, 1.165) is 17.9 Å². The molecule has 2 unspecified atom stereocenters. The smallest absolute Gasteiger partial charge is 0.307 e. The van der Waals surface area contributed by atoms with Gasteiger partial charge in [0.25, 0.3) is 0 Å². The summed E-state index contributed by atoms with van der Waals surface area (Å²) in [5, 5.41) is 16.5. The lowest BCUT2D eigenvalue weighted by molar-refractivity contribution is -0.141. The highest BCUT2D eigenvalue weighted by Gasteiger charge is 2.39. The van der Waals surface area contributed by atoms with Gasteiger partial charge in [-0.2, -0.15) is 0 Å². The summed E-state index contributed by atoms with van der Waals surface area (Å²) in [5.41, 5.74) is 0.778. The van der Waals surface area contributed by atoms with Gasteiger partial charge in [-0.15, -0.1) is 16.9 Å². The normalized spacial score (nSPS) is 17.4. The summed E-state index contributed by atoms with van der Waals surface area (Å²) in [6.45, 7) is 11.9. The number of likely N-dealkylation sites (tertiary alicyclic amines) is 1. The van der Waals surface area contributed by atoms with Gasteiger partial charge in [0.2, 0.25) is 11.8 Å². The molecular weight excluding hydrogens is 476 g/mol. The molecule has 2 atom stereocenters. The summed E-state index contributed by atoms with van der Waals surface area (Å²) in [5.74, 6) is -1.82. The third-order valence-corrected chi connectivity index (χ3v) is 6.75.